The van der Waals surface area contributed by atoms with Gasteiger partial charge in [-0.05, 0) is 65.6 Å². The summed E-state index contributed by atoms with van der Waals surface area (Å²) in [4.78, 5) is 31.9. The van der Waals surface area contributed by atoms with Crippen LogP contribution in [0.5, 0.6) is 0 Å². The normalized spacial score (nSPS) is 13.4. The topological polar surface area (TPSA) is 62.3 Å². The molecule has 7 heteroatoms. The Bertz CT molecular complexity index is 544. The van der Waals surface area contributed by atoms with Crippen molar-refractivity contribution in [3.63, 3.8) is 0 Å². The lowest BCUT2D eigenvalue weighted by molar-refractivity contribution is -0.158. The van der Waals surface area contributed by atoms with E-state index in [1.807, 2.05) is 19.9 Å². The van der Waals surface area contributed by atoms with Crippen molar-refractivity contribution in [2.45, 2.75) is 79.2 Å². The predicted octanol–water partition coefficient (Wildman–Crippen LogP) is 3.97. The highest BCUT2D eigenvalue weighted by atomic mass is 16.5. The molecule has 0 aliphatic carbocycles. The van der Waals surface area contributed by atoms with Gasteiger partial charge in [0.15, 0.2) is 0 Å². The van der Waals surface area contributed by atoms with Crippen LogP contribution in [-0.2, 0) is 19.1 Å². The van der Waals surface area contributed by atoms with Gasteiger partial charge in [-0.15, -0.1) is 6.58 Å². The molecule has 0 N–H and O–H groups in total. The molecule has 194 valence electrons. The maximum absolute atomic E-state index is 13.0. The van der Waals surface area contributed by atoms with Gasteiger partial charge < -0.3 is 14.4 Å². The van der Waals surface area contributed by atoms with Crippen LogP contribution in [0.2, 0.25) is 0 Å². The number of esters is 2. The molecule has 0 rings (SSSR count). The van der Waals surface area contributed by atoms with E-state index >= 15 is 0 Å². The van der Waals surface area contributed by atoms with E-state index in [-0.39, 0.29) is 11.9 Å². The van der Waals surface area contributed by atoms with Crippen LogP contribution in [0.25, 0.3) is 0 Å². The molecule has 0 amide bonds. The van der Waals surface area contributed by atoms with E-state index in [4.69, 9.17) is 9.47 Å². The smallest absolute Gasteiger partial charge is 0.326 e. The van der Waals surface area contributed by atoms with E-state index in [1.54, 1.807) is 0 Å². The van der Waals surface area contributed by atoms with Gasteiger partial charge in [0.25, 0.3) is 0 Å². The van der Waals surface area contributed by atoms with Gasteiger partial charge in [0.2, 0.25) is 0 Å². The number of ether oxygens (including phenoxy) is 2. The number of hydrogen-bond acceptors (Lipinski definition) is 7. The first-order valence-electron chi connectivity index (χ1n) is 13.0. The molecule has 0 saturated carbocycles. The summed E-state index contributed by atoms with van der Waals surface area (Å²) in [5, 5.41) is 0. The predicted molar refractivity (Wildman–Crippen MR) is 136 cm³/mol. The SMILES string of the molecule is C=CCC(CC)(C(=O)OCC)N(CCC)CCN(CCC)CCN(CCC)CC(=O)OCC. The van der Waals surface area contributed by atoms with Crippen molar-refractivity contribution in [2.75, 3.05) is 65.6 Å². The lowest BCUT2D eigenvalue weighted by Gasteiger charge is -2.42. The van der Waals surface area contributed by atoms with Crippen LogP contribution in [-0.4, -0.2) is 97.7 Å². The second-order valence-electron chi connectivity index (χ2n) is 8.51. The molecule has 0 radical (unpaired) electrons. The van der Waals surface area contributed by atoms with Crippen molar-refractivity contribution < 1.29 is 19.1 Å². The van der Waals surface area contributed by atoms with Crippen LogP contribution in [0, 0.1) is 0 Å². The van der Waals surface area contributed by atoms with Crippen molar-refractivity contribution in [2.24, 2.45) is 0 Å². The first-order chi connectivity index (χ1) is 15.9. The van der Waals surface area contributed by atoms with Gasteiger partial charge in [-0.25, -0.2) is 0 Å². The molecule has 0 saturated heterocycles. The zero-order valence-electron chi connectivity index (χ0n) is 22.4. The molecule has 0 aromatic rings. The van der Waals surface area contributed by atoms with Gasteiger partial charge in [0.1, 0.15) is 5.54 Å². The molecule has 0 fully saturated rings. The van der Waals surface area contributed by atoms with Gasteiger partial charge in [0, 0.05) is 26.2 Å². The van der Waals surface area contributed by atoms with Crippen LogP contribution in [0.3, 0.4) is 0 Å². The van der Waals surface area contributed by atoms with Crippen LogP contribution in [0.4, 0.5) is 0 Å². The van der Waals surface area contributed by atoms with E-state index in [9.17, 15) is 9.59 Å². The first-order valence-corrected chi connectivity index (χ1v) is 13.0. The van der Waals surface area contributed by atoms with Crippen molar-refractivity contribution in [3.05, 3.63) is 12.7 Å². The summed E-state index contributed by atoms with van der Waals surface area (Å²) in [6, 6.07) is 0. The molecule has 0 spiro atoms. The highest BCUT2D eigenvalue weighted by molar-refractivity contribution is 5.81. The summed E-state index contributed by atoms with van der Waals surface area (Å²) in [6.07, 6.45) is 6.14. The Hall–Kier alpha value is -1.44. The summed E-state index contributed by atoms with van der Waals surface area (Å²) in [7, 11) is 0. The average molecular weight is 470 g/mol. The molecular weight excluding hydrogens is 418 g/mol. The van der Waals surface area contributed by atoms with Crippen LogP contribution >= 0.6 is 0 Å². The Balaban J connectivity index is 5.33. The third-order valence-electron chi connectivity index (χ3n) is 5.98. The lowest BCUT2D eigenvalue weighted by Crippen LogP contribution is -2.57. The molecule has 0 aromatic carbocycles. The fraction of sp³-hybridized carbons (Fsp3) is 0.846. The number of rotatable bonds is 21. The van der Waals surface area contributed by atoms with Gasteiger partial charge in [0.05, 0.1) is 19.8 Å². The molecule has 0 bridgehead atoms. The van der Waals surface area contributed by atoms with E-state index in [1.165, 1.54) is 0 Å². The second-order valence-corrected chi connectivity index (χ2v) is 8.51. The summed E-state index contributed by atoms with van der Waals surface area (Å²) < 4.78 is 10.6. The first kappa shape index (κ1) is 31.6. The molecular formula is C26H51N3O4. The molecule has 0 aliphatic rings. The Morgan fingerprint density at radius 2 is 1.30 bits per heavy atom. The molecule has 7 nitrogen and oxygen atoms in total. The monoisotopic (exact) mass is 469 g/mol. The van der Waals surface area contributed by atoms with Crippen molar-refractivity contribution >= 4 is 11.9 Å². The highest BCUT2D eigenvalue weighted by Gasteiger charge is 2.42. The minimum Gasteiger partial charge on any atom is -0.465 e. The van der Waals surface area contributed by atoms with Crippen molar-refractivity contribution in [1.29, 1.82) is 0 Å². The van der Waals surface area contributed by atoms with Crippen LogP contribution in [0.15, 0.2) is 12.7 Å². The minimum absolute atomic E-state index is 0.147. The average Bonchev–Trinajstić information content (AvgIpc) is 2.78. The third-order valence-corrected chi connectivity index (χ3v) is 5.98. The zero-order valence-corrected chi connectivity index (χ0v) is 22.4. The number of carbonyl (C=O) groups is 2. The number of nitrogens with zero attached hydrogens (tertiary/aromatic N) is 3. The van der Waals surface area contributed by atoms with Gasteiger partial charge >= 0.3 is 11.9 Å². The van der Waals surface area contributed by atoms with E-state index in [0.29, 0.717) is 32.6 Å². The van der Waals surface area contributed by atoms with E-state index in [0.717, 1.165) is 65.1 Å². The fourth-order valence-electron chi connectivity index (χ4n) is 4.34. The third kappa shape index (κ3) is 11.5. The Kier molecular flexibility index (Phi) is 18.1. The van der Waals surface area contributed by atoms with E-state index in [2.05, 4.69) is 49.0 Å². The Morgan fingerprint density at radius 3 is 1.82 bits per heavy atom. The van der Waals surface area contributed by atoms with E-state index < -0.39 is 5.54 Å². The number of carbonyl (C=O) groups excluding carboxylic acids is 2. The molecule has 33 heavy (non-hydrogen) atoms. The Morgan fingerprint density at radius 1 is 0.758 bits per heavy atom. The van der Waals surface area contributed by atoms with Crippen LogP contribution < -0.4 is 0 Å². The molecule has 1 atom stereocenters. The molecule has 0 aliphatic heterocycles. The Labute approximate surface area is 203 Å². The largest absolute Gasteiger partial charge is 0.465 e. The van der Waals surface area contributed by atoms with Crippen molar-refractivity contribution in [3.8, 4) is 0 Å². The highest BCUT2D eigenvalue weighted by Crippen LogP contribution is 2.27. The summed E-state index contributed by atoms with van der Waals surface area (Å²) in [6.45, 7) is 23.3. The maximum atomic E-state index is 13.0. The second kappa shape index (κ2) is 18.9. The fourth-order valence-corrected chi connectivity index (χ4v) is 4.34. The lowest BCUT2D eigenvalue weighted by atomic mass is 9.89. The summed E-state index contributed by atoms with van der Waals surface area (Å²) in [5.41, 5.74) is -0.663. The molecule has 1 unspecified atom stereocenters. The summed E-state index contributed by atoms with van der Waals surface area (Å²) >= 11 is 0. The standard InChI is InChI=1S/C26H51N3O4/c1-8-15-26(12-5,25(31)33-14-7)29(18-11-4)22-21-27(16-9-2)19-20-28(17-10-3)23-24(30)32-13-6/h8H,1,9-23H2,2-7H3. The molecule has 0 aromatic heterocycles. The van der Waals surface area contributed by atoms with Gasteiger partial charge in [-0.3, -0.25) is 19.4 Å². The van der Waals surface area contributed by atoms with Gasteiger partial charge in [-0.1, -0.05) is 33.8 Å². The minimum atomic E-state index is -0.663. The van der Waals surface area contributed by atoms with Crippen molar-refractivity contribution in [1.82, 2.24) is 14.7 Å². The quantitative estimate of drug-likeness (QED) is 0.186. The molecule has 0 heterocycles. The van der Waals surface area contributed by atoms with Crippen LogP contribution in [0.1, 0.15) is 73.6 Å². The van der Waals surface area contributed by atoms with Gasteiger partial charge in [-0.2, -0.15) is 0 Å². The maximum Gasteiger partial charge on any atom is 0.326 e. The summed E-state index contributed by atoms with van der Waals surface area (Å²) in [5.74, 6) is -0.305. The number of hydrogen-bond donors (Lipinski definition) is 0. The zero-order chi connectivity index (χ0) is 25.1.